The third-order valence-corrected chi connectivity index (χ3v) is 5.64. The third kappa shape index (κ3) is 5.21. The van der Waals surface area contributed by atoms with Crippen LogP contribution in [-0.2, 0) is 14.8 Å². The zero-order chi connectivity index (χ0) is 20.2. The summed E-state index contributed by atoms with van der Waals surface area (Å²) in [4.78, 5) is 24.7. The molecule has 0 fully saturated rings. The highest BCUT2D eigenvalue weighted by molar-refractivity contribution is 7.89. The first-order valence-electron chi connectivity index (χ1n) is 8.27. The molecule has 144 valence electrons. The smallest absolute Gasteiger partial charge is 0.240 e. The van der Waals surface area contributed by atoms with Gasteiger partial charge in [-0.15, -0.1) is 0 Å². The Kier molecular flexibility index (Phi) is 6.45. The van der Waals surface area contributed by atoms with Gasteiger partial charge in [-0.1, -0.05) is 0 Å². The van der Waals surface area contributed by atoms with Gasteiger partial charge in [0.1, 0.15) is 5.82 Å². The zero-order valence-corrected chi connectivity index (χ0v) is 16.1. The summed E-state index contributed by atoms with van der Waals surface area (Å²) in [5, 5.41) is 0. The Morgan fingerprint density at radius 1 is 1.07 bits per heavy atom. The summed E-state index contributed by atoms with van der Waals surface area (Å²) in [5.74, 6) is -0.857. The molecular weight excluding hydrogens is 371 g/mol. The Morgan fingerprint density at radius 2 is 1.70 bits per heavy atom. The molecule has 0 spiro atoms. The number of anilines is 1. The quantitative estimate of drug-likeness (QED) is 0.735. The van der Waals surface area contributed by atoms with E-state index in [-0.39, 0.29) is 29.7 Å². The number of nitrogens with zero attached hydrogens (tertiary/aromatic N) is 1. The Morgan fingerprint density at radius 3 is 2.22 bits per heavy atom. The molecule has 2 aromatic carbocycles. The molecule has 0 heterocycles. The van der Waals surface area contributed by atoms with Gasteiger partial charge in [-0.3, -0.25) is 9.59 Å². The average Bonchev–Trinajstić information content (AvgIpc) is 2.58. The highest BCUT2D eigenvalue weighted by Crippen LogP contribution is 2.17. The molecule has 0 bridgehead atoms. The summed E-state index contributed by atoms with van der Waals surface area (Å²) in [7, 11) is -3.83. The van der Waals surface area contributed by atoms with Crippen molar-refractivity contribution in [3.05, 3.63) is 59.4 Å². The molecular formula is C19H21FN2O4S. The molecule has 0 aliphatic heterocycles. The van der Waals surface area contributed by atoms with Crippen molar-refractivity contribution < 1.29 is 22.4 Å². The highest BCUT2D eigenvalue weighted by Gasteiger charge is 2.18. The number of ketones is 1. The number of hydrogen-bond acceptors (Lipinski definition) is 4. The molecule has 0 unspecified atom stereocenters. The number of halogens is 1. The number of rotatable bonds is 7. The van der Waals surface area contributed by atoms with Crippen LogP contribution >= 0.6 is 0 Å². The number of aryl methyl sites for hydroxylation is 1. The number of carbonyl (C=O) groups is 2. The maximum Gasteiger partial charge on any atom is 0.240 e. The number of amides is 1. The highest BCUT2D eigenvalue weighted by atomic mass is 32.2. The van der Waals surface area contributed by atoms with E-state index in [1.165, 1.54) is 31.7 Å². The number of Topliss-reactive ketones (excluding diaryl/α,β-unsaturated/α-hetero) is 1. The molecule has 0 atom stereocenters. The van der Waals surface area contributed by atoms with Crippen molar-refractivity contribution in [3.63, 3.8) is 0 Å². The van der Waals surface area contributed by atoms with Crippen molar-refractivity contribution in [1.29, 1.82) is 0 Å². The topological polar surface area (TPSA) is 83.6 Å². The van der Waals surface area contributed by atoms with Crippen LogP contribution in [0.1, 0.15) is 29.8 Å². The van der Waals surface area contributed by atoms with Crippen molar-refractivity contribution >= 4 is 27.4 Å². The van der Waals surface area contributed by atoms with Gasteiger partial charge in [-0.05, 0) is 61.9 Å². The summed E-state index contributed by atoms with van der Waals surface area (Å²) in [6.45, 7) is 4.42. The van der Waals surface area contributed by atoms with Crippen molar-refractivity contribution in [2.45, 2.75) is 25.7 Å². The van der Waals surface area contributed by atoms with Crippen LogP contribution in [0, 0.1) is 12.7 Å². The molecule has 2 rings (SSSR count). The first-order chi connectivity index (χ1) is 12.6. The normalized spacial score (nSPS) is 11.3. The van der Waals surface area contributed by atoms with Gasteiger partial charge in [0, 0.05) is 31.3 Å². The minimum absolute atomic E-state index is 0.0101. The molecule has 0 aliphatic carbocycles. The van der Waals surface area contributed by atoms with Gasteiger partial charge in [0.25, 0.3) is 0 Å². The first kappa shape index (κ1) is 20.7. The molecule has 1 amide bonds. The summed E-state index contributed by atoms with van der Waals surface area (Å²) in [6.07, 6.45) is 0. The fraction of sp³-hybridized carbons (Fsp3) is 0.263. The monoisotopic (exact) mass is 392 g/mol. The van der Waals surface area contributed by atoms with Crippen LogP contribution in [0.15, 0.2) is 47.4 Å². The fourth-order valence-corrected chi connectivity index (χ4v) is 3.87. The van der Waals surface area contributed by atoms with Crippen LogP contribution in [0.2, 0.25) is 0 Å². The van der Waals surface area contributed by atoms with Crippen LogP contribution in [0.4, 0.5) is 10.1 Å². The zero-order valence-electron chi connectivity index (χ0n) is 15.3. The molecule has 2 aromatic rings. The van der Waals surface area contributed by atoms with E-state index >= 15 is 0 Å². The number of nitrogens with one attached hydrogen (secondary N) is 1. The first-order valence-corrected chi connectivity index (χ1v) is 9.75. The Bertz CT molecular complexity index is 956. The van der Waals surface area contributed by atoms with E-state index in [2.05, 4.69) is 4.72 Å². The van der Waals surface area contributed by atoms with Gasteiger partial charge < -0.3 is 4.90 Å². The third-order valence-electron chi connectivity index (χ3n) is 4.02. The Labute approximate surface area is 158 Å². The average molecular weight is 392 g/mol. The molecule has 27 heavy (non-hydrogen) atoms. The van der Waals surface area contributed by atoms with E-state index in [1.54, 1.807) is 24.3 Å². The summed E-state index contributed by atoms with van der Waals surface area (Å²) in [5.41, 5.74) is 1.38. The van der Waals surface area contributed by atoms with Gasteiger partial charge in [0.2, 0.25) is 15.9 Å². The predicted molar refractivity (Wildman–Crippen MR) is 101 cm³/mol. The van der Waals surface area contributed by atoms with Crippen LogP contribution in [0.5, 0.6) is 0 Å². The van der Waals surface area contributed by atoms with Gasteiger partial charge in [-0.2, -0.15) is 0 Å². The van der Waals surface area contributed by atoms with E-state index in [1.807, 2.05) is 0 Å². The molecule has 0 saturated carbocycles. The molecule has 0 radical (unpaired) electrons. The number of carbonyl (C=O) groups excluding carboxylic acids is 2. The van der Waals surface area contributed by atoms with Gasteiger partial charge in [-0.25, -0.2) is 17.5 Å². The number of hydrogen-bond donors (Lipinski definition) is 1. The second-order valence-electron chi connectivity index (χ2n) is 6.08. The van der Waals surface area contributed by atoms with Crippen LogP contribution in [0.3, 0.4) is 0 Å². The van der Waals surface area contributed by atoms with Crippen LogP contribution in [-0.4, -0.2) is 33.2 Å². The molecule has 8 heteroatoms. The van der Waals surface area contributed by atoms with E-state index in [0.29, 0.717) is 16.8 Å². The van der Waals surface area contributed by atoms with E-state index < -0.39 is 15.8 Å². The fourth-order valence-electron chi connectivity index (χ4n) is 2.63. The van der Waals surface area contributed by atoms with Gasteiger partial charge in [0.15, 0.2) is 5.78 Å². The minimum atomic E-state index is -3.83. The lowest BCUT2D eigenvalue weighted by Crippen LogP contribution is -2.37. The molecule has 0 aliphatic rings. The molecule has 1 N–H and O–H groups in total. The van der Waals surface area contributed by atoms with Crippen molar-refractivity contribution in [1.82, 2.24) is 4.72 Å². The van der Waals surface area contributed by atoms with E-state index in [9.17, 15) is 22.4 Å². The minimum Gasteiger partial charge on any atom is -0.311 e. The summed E-state index contributed by atoms with van der Waals surface area (Å²) in [6, 6.07) is 9.93. The van der Waals surface area contributed by atoms with Crippen molar-refractivity contribution in [3.8, 4) is 0 Å². The molecule has 0 saturated heterocycles. The maximum atomic E-state index is 13.2. The van der Waals surface area contributed by atoms with Crippen molar-refractivity contribution in [2.75, 3.05) is 18.0 Å². The Balaban J connectivity index is 2.10. The van der Waals surface area contributed by atoms with Crippen LogP contribution in [0.25, 0.3) is 0 Å². The summed E-state index contributed by atoms with van der Waals surface area (Å²) >= 11 is 0. The molecule has 6 nitrogen and oxygen atoms in total. The summed E-state index contributed by atoms with van der Waals surface area (Å²) < 4.78 is 40.4. The van der Waals surface area contributed by atoms with Crippen LogP contribution < -0.4 is 9.62 Å². The van der Waals surface area contributed by atoms with Crippen molar-refractivity contribution in [2.24, 2.45) is 0 Å². The van der Waals surface area contributed by atoms with Gasteiger partial charge >= 0.3 is 0 Å². The SMILES string of the molecule is CC(=O)c1ccc(N(CCNS(=O)(=O)c2ccc(F)cc2C)C(C)=O)cc1. The second kappa shape index (κ2) is 8.41. The lowest BCUT2D eigenvalue weighted by molar-refractivity contribution is -0.116. The van der Waals surface area contributed by atoms with Gasteiger partial charge in [0.05, 0.1) is 4.90 Å². The standard InChI is InChI=1S/C19H21FN2O4S/c1-13-12-17(20)6-9-19(13)27(25,26)21-10-11-22(15(3)24)18-7-4-16(5-8-18)14(2)23/h4-9,12,21H,10-11H2,1-3H3. The number of benzene rings is 2. The largest absolute Gasteiger partial charge is 0.311 e. The lowest BCUT2D eigenvalue weighted by atomic mass is 10.1. The Hall–Kier alpha value is -2.58. The predicted octanol–water partition coefficient (Wildman–Crippen LogP) is 2.67. The lowest BCUT2D eigenvalue weighted by Gasteiger charge is -2.21. The maximum absolute atomic E-state index is 13.2. The molecule has 0 aromatic heterocycles. The van der Waals surface area contributed by atoms with E-state index in [0.717, 1.165) is 12.1 Å². The van der Waals surface area contributed by atoms with E-state index in [4.69, 9.17) is 0 Å². The number of sulfonamides is 1. The second-order valence-corrected chi connectivity index (χ2v) is 7.82.